The van der Waals surface area contributed by atoms with E-state index in [0.29, 0.717) is 11.4 Å². The van der Waals surface area contributed by atoms with E-state index in [-0.39, 0.29) is 11.5 Å². The normalized spacial score (nSPS) is 11.7. The molecule has 0 amide bonds. The second-order valence-corrected chi connectivity index (χ2v) is 7.09. The van der Waals surface area contributed by atoms with Gasteiger partial charge in [-0.25, -0.2) is 13.1 Å². The maximum atomic E-state index is 12.1. The van der Waals surface area contributed by atoms with Crippen molar-refractivity contribution in [2.45, 2.75) is 24.3 Å². The predicted octanol–water partition coefficient (Wildman–Crippen LogP) is 2.15. The van der Waals surface area contributed by atoms with E-state index in [9.17, 15) is 8.42 Å². The first-order valence-corrected chi connectivity index (χ1v) is 8.70. The summed E-state index contributed by atoms with van der Waals surface area (Å²) in [6.45, 7) is 0.135. The summed E-state index contributed by atoms with van der Waals surface area (Å²) in [6.07, 6.45) is 1.57. The van der Waals surface area contributed by atoms with Gasteiger partial charge in [-0.15, -0.1) is 11.3 Å². The van der Waals surface area contributed by atoms with Crippen molar-refractivity contribution in [3.8, 4) is 0 Å². The van der Waals surface area contributed by atoms with Crippen molar-refractivity contribution in [3.05, 3.63) is 52.2 Å². The zero-order valence-electron chi connectivity index (χ0n) is 11.0. The van der Waals surface area contributed by atoms with E-state index in [1.807, 2.05) is 30.3 Å². The lowest BCUT2D eigenvalue weighted by Gasteiger charge is -2.07. The van der Waals surface area contributed by atoms with Crippen LogP contribution in [0.5, 0.6) is 0 Å². The second kappa shape index (κ2) is 6.99. The van der Waals surface area contributed by atoms with Crippen molar-refractivity contribution >= 4 is 21.4 Å². The molecule has 0 aliphatic heterocycles. The molecule has 1 heterocycles. The van der Waals surface area contributed by atoms with E-state index >= 15 is 0 Å². The SMILES string of the molecule is O=S(=O)(NCCCc1ccccc1)c1ccsc1CO. The average Bonchev–Trinajstić information content (AvgIpc) is 2.94. The van der Waals surface area contributed by atoms with Crippen molar-refractivity contribution in [3.63, 3.8) is 0 Å². The Bertz CT molecular complexity index is 635. The van der Waals surface area contributed by atoms with Crippen LogP contribution in [0.2, 0.25) is 0 Å². The largest absolute Gasteiger partial charge is 0.391 e. The minimum atomic E-state index is -3.51. The molecule has 6 heteroatoms. The molecule has 2 aromatic rings. The van der Waals surface area contributed by atoms with E-state index < -0.39 is 10.0 Å². The number of benzene rings is 1. The Hall–Kier alpha value is -1.21. The number of rotatable bonds is 7. The van der Waals surface area contributed by atoms with Gasteiger partial charge in [0.1, 0.15) is 0 Å². The van der Waals surface area contributed by atoms with Crippen LogP contribution < -0.4 is 4.72 Å². The Morgan fingerprint density at radius 1 is 1.15 bits per heavy atom. The quantitative estimate of drug-likeness (QED) is 0.770. The number of hydrogen-bond donors (Lipinski definition) is 2. The maximum Gasteiger partial charge on any atom is 0.241 e. The first-order chi connectivity index (χ1) is 9.63. The van der Waals surface area contributed by atoms with E-state index in [1.54, 1.807) is 5.38 Å². The molecule has 108 valence electrons. The Balaban J connectivity index is 1.87. The van der Waals surface area contributed by atoms with Crippen LogP contribution in [-0.2, 0) is 23.1 Å². The second-order valence-electron chi connectivity index (χ2n) is 4.35. The first kappa shape index (κ1) is 15.2. The van der Waals surface area contributed by atoms with Crippen molar-refractivity contribution < 1.29 is 13.5 Å². The number of aliphatic hydroxyl groups is 1. The van der Waals surface area contributed by atoms with E-state index in [1.165, 1.54) is 23.0 Å². The Morgan fingerprint density at radius 2 is 1.90 bits per heavy atom. The maximum absolute atomic E-state index is 12.1. The van der Waals surface area contributed by atoms with Gasteiger partial charge >= 0.3 is 0 Å². The highest BCUT2D eigenvalue weighted by molar-refractivity contribution is 7.89. The highest BCUT2D eigenvalue weighted by Crippen LogP contribution is 2.21. The summed E-state index contributed by atoms with van der Waals surface area (Å²) in [4.78, 5) is 0.658. The van der Waals surface area contributed by atoms with Crippen LogP contribution in [-0.4, -0.2) is 20.1 Å². The standard InChI is InChI=1S/C14H17NO3S2/c16-11-13-14(8-10-19-13)20(17,18)15-9-4-7-12-5-2-1-3-6-12/h1-3,5-6,8,10,15-16H,4,7,9,11H2. The molecule has 0 saturated carbocycles. The van der Waals surface area contributed by atoms with E-state index in [0.717, 1.165) is 12.8 Å². The lowest BCUT2D eigenvalue weighted by Crippen LogP contribution is -2.25. The Morgan fingerprint density at radius 3 is 2.60 bits per heavy atom. The molecule has 2 rings (SSSR count). The number of hydrogen-bond acceptors (Lipinski definition) is 4. The molecule has 0 fully saturated rings. The van der Waals surface area contributed by atoms with Gasteiger partial charge in [-0.2, -0.15) is 0 Å². The van der Waals surface area contributed by atoms with Gasteiger partial charge in [0.15, 0.2) is 0 Å². The van der Waals surface area contributed by atoms with Crippen molar-refractivity contribution in [2.24, 2.45) is 0 Å². The molecule has 0 unspecified atom stereocenters. The van der Waals surface area contributed by atoms with Gasteiger partial charge in [0.2, 0.25) is 10.0 Å². The molecule has 0 saturated heterocycles. The number of sulfonamides is 1. The van der Waals surface area contributed by atoms with E-state index in [4.69, 9.17) is 5.11 Å². The zero-order valence-corrected chi connectivity index (χ0v) is 12.6. The van der Waals surface area contributed by atoms with Crippen molar-refractivity contribution in [1.29, 1.82) is 0 Å². The fourth-order valence-corrected chi connectivity index (χ4v) is 4.27. The van der Waals surface area contributed by atoms with Gasteiger partial charge < -0.3 is 5.11 Å². The summed E-state index contributed by atoms with van der Waals surface area (Å²) >= 11 is 1.24. The fourth-order valence-electron chi connectivity index (χ4n) is 1.91. The van der Waals surface area contributed by atoms with Gasteiger partial charge in [0.05, 0.1) is 11.5 Å². The molecule has 20 heavy (non-hydrogen) atoms. The lowest BCUT2D eigenvalue weighted by molar-refractivity contribution is 0.282. The van der Waals surface area contributed by atoms with Crippen LogP contribution >= 0.6 is 11.3 Å². The van der Waals surface area contributed by atoms with Gasteiger partial charge in [-0.05, 0) is 29.9 Å². The third-order valence-electron chi connectivity index (χ3n) is 2.91. The van der Waals surface area contributed by atoms with Crippen molar-refractivity contribution in [1.82, 2.24) is 4.72 Å². The van der Waals surface area contributed by atoms with Gasteiger partial charge in [0, 0.05) is 11.4 Å². The molecular weight excluding hydrogens is 294 g/mol. The molecule has 0 aliphatic carbocycles. The molecule has 2 N–H and O–H groups in total. The van der Waals surface area contributed by atoms with Crippen LogP contribution in [0.3, 0.4) is 0 Å². The minimum Gasteiger partial charge on any atom is -0.391 e. The Labute approximate surface area is 123 Å². The van der Waals surface area contributed by atoms with Gasteiger partial charge in [-0.3, -0.25) is 0 Å². The lowest BCUT2D eigenvalue weighted by atomic mass is 10.1. The molecule has 0 atom stereocenters. The van der Waals surface area contributed by atoms with Crippen LogP contribution in [0.4, 0.5) is 0 Å². The summed E-state index contributed by atoms with van der Waals surface area (Å²) in [5, 5.41) is 10.8. The number of aliphatic hydroxyl groups excluding tert-OH is 1. The molecule has 0 aliphatic rings. The van der Waals surface area contributed by atoms with E-state index in [2.05, 4.69) is 4.72 Å². The topological polar surface area (TPSA) is 66.4 Å². The van der Waals surface area contributed by atoms with Crippen LogP contribution in [0.15, 0.2) is 46.7 Å². The predicted molar refractivity (Wildman–Crippen MR) is 80.2 cm³/mol. The molecule has 1 aromatic heterocycles. The highest BCUT2D eigenvalue weighted by atomic mass is 32.2. The summed E-state index contributed by atoms with van der Waals surface area (Å²) in [5.74, 6) is 0. The van der Waals surface area contributed by atoms with Gasteiger partial charge in [-0.1, -0.05) is 30.3 Å². The molecule has 0 radical (unpaired) electrons. The average molecular weight is 311 g/mol. The van der Waals surface area contributed by atoms with Crippen molar-refractivity contribution in [2.75, 3.05) is 6.54 Å². The fraction of sp³-hybridized carbons (Fsp3) is 0.286. The molecule has 0 bridgehead atoms. The van der Waals surface area contributed by atoms with Gasteiger partial charge in [0.25, 0.3) is 0 Å². The smallest absolute Gasteiger partial charge is 0.241 e. The van der Waals surface area contributed by atoms with Crippen LogP contribution in [0.25, 0.3) is 0 Å². The highest BCUT2D eigenvalue weighted by Gasteiger charge is 2.18. The minimum absolute atomic E-state index is 0.185. The Kier molecular flexibility index (Phi) is 5.31. The molecule has 4 nitrogen and oxygen atoms in total. The third-order valence-corrected chi connectivity index (χ3v) is 5.50. The monoisotopic (exact) mass is 311 g/mol. The first-order valence-electron chi connectivity index (χ1n) is 6.34. The molecule has 1 aromatic carbocycles. The van der Waals surface area contributed by atoms with Crippen LogP contribution in [0.1, 0.15) is 16.9 Å². The summed E-state index contributed by atoms with van der Waals surface area (Å²) in [7, 11) is -3.51. The van der Waals surface area contributed by atoms with Crippen LogP contribution in [0, 0.1) is 0 Å². The zero-order chi connectivity index (χ0) is 14.4. The summed E-state index contributed by atoms with van der Waals surface area (Å²) in [6, 6.07) is 11.5. The number of thiophene rings is 1. The molecule has 0 spiro atoms. The number of aryl methyl sites for hydroxylation is 1. The summed E-state index contributed by atoms with van der Waals surface area (Å²) < 4.78 is 26.7. The summed E-state index contributed by atoms with van der Waals surface area (Å²) in [5.41, 5.74) is 1.19. The third kappa shape index (κ3) is 3.89. The number of nitrogens with one attached hydrogen (secondary N) is 1. The molecular formula is C14H17NO3S2.